The standard InChI is InChI=1S/C14H11ClN4O3S/c1-9-17-14(18-22-9)10-3-2-4-12(7-10)23(20,21)19-13-6-5-11(15)8-16-13/h2-8H,1H3,(H,16,19). The molecule has 1 aromatic carbocycles. The van der Waals surface area contributed by atoms with E-state index < -0.39 is 10.0 Å². The van der Waals surface area contributed by atoms with Gasteiger partial charge in [0.25, 0.3) is 10.0 Å². The molecule has 118 valence electrons. The van der Waals surface area contributed by atoms with Gasteiger partial charge in [-0.05, 0) is 24.3 Å². The molecule has 0 fully saturated rings. The Morgan fingerprint density at radius 3 is 2.70 bits per heavy atom. The summed E-state index contributed by atoms with van der Waals surface area (Å²) in [7, 11) is -3.79. The zero-order chi connectivity index (χ0) is 16.4. The van der Waals surface area contributed by atoms with Crippen LogP contribution >= 0.6 is 11.6 Å². The second-order valence-corrected chi connectivity index (χ2v) is 6.75. The first kappa shape index (κ1) is 15.4. The van der Waals surface area contributed by atoms with Crippen LogP contribution in [-0.2, 0) is 10.0 Å². The molecular formula is C14H11ClN4O3S. The summed E-state index contributed by atoms with van der Waals surface area (Å²) < 4.78 is 32.1. The number of benzene rings is 1. The molecule has 0 saturated heterocycles. The molecule has 0 aliphatic heterocycles. The van der Waals surface area contributed by atoms with Gasteiger partial charge in [-0.15, -0.1) is 0 Å². The summed E-state index contributed by atoms with van der Waals surface area (Å²) in [5, 5.41) is 4.19. The topological polar surface area (TPSA) is 98.0 Å². The SMILES string of the molecule is Cc1nc(-c2cccc(S(=O)(=O)Nc3ccc(Cl)cn3)c2)no1. The number of nitrogens with zero attached hydrogens (tertiary/aromatic N) is 3. The molecule has 7 nitrogen and oxygen atoms in total. The smallest absolute Gasteiger partial charge is 0.263 e. The van der Waals surface area contributed by atoms with E-state index in [9.17, 15) is 8.42 Å². The van der Waals surface area contributed by atoms with Crippen molar-refractivity contribution in [2.45, 2.75) is 11.8 Å². The number of aryl methyl sites for hydroxylation is 1. The van der Waals surface area contributed by atoms with Crippen molar-refractivity contribution in [2.24, 2.45) is 0 Å². The van der Waals surface area contributed by atoms with E-state index in [1.807, 2.05) is 0 Å². The van der Waals surface area contributed by atoms with Crippen LogP contribution in [-0.4, -0.2) is 23.5 Å². The molecule has 3 rings (SSSR count). The van der Waals surface area contributed by atoms with E-state index in [2.05, 4.69) is 19.8 Å². The lowest BCUT2D eigenvalue weighted by Crippen LogP contribution is -2.13. The Labute approximate surface area is 137 Å². The van der Waals surface area contributed by atoms with Gasteiger partial charge in [0, 0.05) is 18.7 Å². The molecule has 1 N–H and O–H groups in total. The molecule has 0 radical (unpaired) electrons. The molecule has 2 aromatic heterocycles. The van der Waals surface area contributed by atoms with Gasteiger partial charge in [-0.25, -0.2) is 13.4 Å². The Morgan fingerprint density at radius 1 is 1.22 bits per heavy atom. The summed E-state index contributed by atoms with van der Waals surface area (Å²) in [6.07, 6.45) is 1.36. The molecule has 0 saturated carbocycles. The van der Waals surface area contributed by atoms with Crippen molar-refractivity contribution in [3.8, 4) is 11.4 Å². The van der Waals surface area contributed by atoms with Crippen LogP contribution in [0.2, 0.25) is 5.02 Å². The van der Waals surface area contributed by atoms with Crippen molar-refractivity contribution in [1.29, 1.82) is 0 Å². The van der Waals surface area contributed by atoms with Crippen LogP contribution in [0.15, 0.2) is 52.0 Å². The monoisotopic (exact) mass is 350 g/mol. The fourth-order valence-electron chi connectivity index (χ4n) is 1.85. The number of hydrogen-bond acceptors (Lipinski definition) is 6. The van der Waals surface area contributed by atoms with Crippen molar-refractivity contribution in [3.63, 3.8) is 0 Å². The minimum absolute atomic E-state index is 0.0641. The van der Waals surface area contributed by atoms with Crippen LogP contribution in [0.4, 0.5) is 5.82 Å². The highest BCUT2D eigenvalue weighted by atomic mass is 35.5. The van der Waals surface area contributed by atoms with Crippen molar-refractivity contribution < 1.29 is 12.9 Å². The maximum Gasteiger partial charge on any atom is 0.263 e. The van der Waals surface area contributed by atoms with Crippen molar-refractivity contribution >= 4 is 27.4 Å². The highest BCUT2D eigenvalue weighted by Gasteiger charge is 2.17. The maximum atomic E-state index is 12.4. The van der Waals surface area contributed by atoms with E-state index in [1.165, 1.54) is 24.4 Å². The Morgan fingerprint density at radius 2 is 2.04 bits per heavy atom. The molecular weight excluding hydrogens is 340 g/mol. The molecule has 0 unspecified atom stereocenters. The fourth-order valence-corrected chi connectivity index (χ4v) is 3.02. The predicted molar refractivity (Wildman–Crippen MR) is 84.5 cm³/mol. The van der Waals surface area contributed by atoms with Gasteiger partial charge in [-0.1, -0.05) is 28.9 Å². The largest absolute Gasteiger partial charge is 0.339 e. The summed E-state index contributed by atoms with van der Waals surface area (Å²) in [5.74, 6) is 0.899. The van der Waals surface area contributed by atoms with E-state index in [4.69, 9.17) is 16.1 Å². The van der Waals surface area contributed by atoms with Gasteiger partial charge in [-0.2, -0.15) is 4.98 Å². The van der Waals surface area contributed by atoms with E-state index in [-0.39, 0.29) is 10.7 Å². The second-order valence-electron chi connectivity index (χ2n) is 4.63. The summed E-state index contributed by atoms with van der Waals surface area (Å²) in [4.78, 5) is 8.05. The van der Waals surface area contributed by atoms with E-state index in [0.29, 0.717) is 22.3 Å². The molecule has 0 amide bonds. The first-order valence-electron chi connectivity index (χ1n) is 6.49. The Balaban J connectivity index is 1.92. The normalized spacial score (nSPS) is 11.4. The third-order valence-corrected chi connectivity index (χ3v) is 4.47. The molecule has 0 aliphatic carbocycles. The first-order valence-corrected chi connectivity index (χ1v) is 8.35. The highest BCUT2D eigenvalue weighted by Crippen LogP contribution is 2.21. The van der Waals surface area contributed by atoms with Gasteiger partial charge in [0.15, 0.2) is 0 Å². The summed E-state index contributed by atoms with van der Waals surface area (Å²) in [6, 6.07) is 9.25. The minimum Gasteiger partial charge on any atom is -0.339 e. The fraction of sp³-hybridized carbons (Fsp3) is 0.0714. The Hall–Kier alpha value is -2.45. The quantitative estimate of drug-likeness (QED) is 0.776. The van der Waals surface area contributed by atoms with Crippen LogP contribution in [0.5, 0.6) is 0 Å². The summed E-state index contributed by atoms with van der Waals surface area (Å²) in [5.41, 5.74) is 0.536. The van der Waals surface area contributed by atoms with E-state index in [0.717, 1.165) is 0 Å². The van der Waals surface area contributed by atoms with E-state index in [1.54, 1.807) is 25.1 Å². The number of rotatable bonds is 4. The lowest BCUT2D eigenvalue weighted by molar-refractivity contribution is 0.394. The second kappa shape index (κ2) is 5.98. The van der Waals surface area contributed by atoms with Gasteiger partial charge in [-0.3, -0.25) is 4.72 Å². The van der Waals surface area contributed by atoms with E-state index >= 15 is 0 Å². The molecule has 23 heavy (non-hydrogen) atoms. The third kappa shape index (κ3) is 3.49. The zero-order valence-corrected chi connectivity index (χ0v) is 13.5. The summed E-state index contributed by atoms with van der Waals surface area (Å²) in [6.45, 7) is 1.66. The Bertz CT molecular complexity index is 939. The molecule has 9 heteroatoms. The zero-order valence-electron chi connectivity index (χ0n) is 11.9. The van der Waals surface area contributed by atoms with Crippen LogP contribution < -0.4 is 4.72 Å². The number of halogens is 1. The van der Waals surface area contributed by atoms with Gasteiger partial charge in [0.2, 0.25) is 11.7 Å². The highest BCUT2D eigenvalue weighted by molar-refractivity contribution is 7.92. The van der Waals surface area contributed by atoms with Crippen LogP contribution in [0.25, 0.3) is 11.4 Å². The molecule has 0 bridgehead atoms. The van der Waals surface area contributed by atoms with Crippen molar-refractivity contribution in [3.05, 3.63) is 53.5 Å². The van der Waals surface area contributed by atoms with Gasteiger partial charge >= 0.3 is 0 Å². The molecule has 2 heterocycles. The molecule has 0 atom stereocenters. The minimum atomic E-state index is -3.79. The number of hydrogen-bond donors (Lipinski definition) is 1. The van der Waals surface area contributed by atoms with Crippen LogP contribution in [0.3, 0.4) is 0 Å². The predicted octanol–water partition coefficient (Wildman–Crippen LogP) is 2.89. The van der Waals surface area contributed by atoms with Crippen LogP contribution in [0.1, 0.15) is 5.89 Å². The summed E-state index contributed by atoms with van der Waals surface area (Å²) >= 11 is 5.73. The Kier molecular flexibility index (Phi) is 4.01. The lowest BCUT2D eigenvalue weighted by Gasteiger charge is -2.08. The number of sulfonamides is 1. The van der Waals surface area contributed by atoms with Gasteiger partial charge < -0.3 is 4.52 Å². The number of nitrogens with one attached hydrogen (secondary N) is 1. The first-order chi connectivity index (χ1) is 10.9. The third-order valence-electron chi connectivity index (χ3n) is 2.90. The van der Waals surface area contributed by atoms with Crippen molar-refractivity contribution in [2.75, 3.05) is 4.72 Å². The lowest BCUT2D eigenvalue weighted by atomic mass is 10.2. The van der Waals surface area contributed by atoms with Crippen LogP contribution in [0, 0.1) is 6.92 Å². The average molecular weight is 351 g/mol. The average Bonchev–Trinajstić information content (AvgIpc) is 2.96. The molecule has 0 aliphatic rings. The van der Waals surface area contributed by atoms with Gasteiger partial charge in [0.05, 0.1) is 9.92 Å². The molecule has 0 spiro atoms. The number of anilines is 1. The number of pyridine rings is 1. The van der Waals surface area contributed by atoms with Gasteiger partial charge in [0.1, 0.15) is 5.82 Å². The maximum absolute atomic E-state index is 12.4. The number of aromatic nitrogens is 3. The van der Waals surface area contributed by atoms with Crippen molar-refractivity contribution in [1.82, 2.24) is 15.1 Å². The molecule has 3 aromatic rings.